The van der Waals surface area contributed by atoms with Crippen molar-refractivity contribution >= 4 is 29.6 Å². The molecule has 3 atom stereocenters. The first-order valence-corrected chi connectivity index (χ1v) is 10.3. The smallest absolute Gasteiger partial charge is 0.322 e. The number of aliphatic carboxylic acids is 1. The van der Waals surface area contributed by atoms with E-state index >= 15 is 0 Å². The number of hydrogen-bond donors (Lipinski definition) is 7. The SMILES string of the molecule is CC(C)CC(NC(=O)C(CCC(N)=O)NC(=O)C(N)CCCCN)C(=O)NCC(=O)O. The van der Waals surface area contributed by atoms with E-state index in [1.165, 1.54) is 0 Å². The summed E-state index contributed by atoms with van der Waals surface area (Å²) < 4.78 is 0. The van der Waals surface area contributed by atoms with Gasteiger partial charge in [-0.1, -0.05) is 20.3 Å². The molecule has 0 saturated heterocycles. The summed E-state index contributed by atoms with van der Waals surface area (Å²) in [6, 6.07) is -3.01. The van der Waals surface area contributed by atoms with Crippen molar-refractivity contribution in [1.82, 2.24) is 16.0 Å². The van der Waals surface area contributed by atoms with Crippen LogP contribution in [0.5, 0.6) is 0 Å². The first kappa shape index (κ1) is 28.3. The van der Waals surface area contributed by atoms with Crippen molar-refractivity contribution in [1.29, 1.82) is 0 Å². The average molecular weight is 445 g/mol. The Hall–Kier alpha value is -2.73. The molecule has 0 aliphatic heterocycles. The van der Waals surface area contributed by atoms with E-state index < -0.39 is 54.3 Å². The van der Waals surface area contributed by atoms with Gasteiger partial charge in [-0.25, -0.2) is 0 Å². The molecular formula is C19H36N6O6. The van der Waals surface area contributed by atoms with Crippen LogP contribution >= 0.6 is 0 Å². The Morgan fingerprint density at radius 3 is 2.03 bits per heavy atom. The average Bonchev–Trinajstić information content (AvgIpc) is 2.67. The van der Waals surface area contributed by atoms with Crippen LogP contribution in [0.2, 0.25) is 0 Å². The fourth-order valence-corrected chi connectivity index (χ4v) is 2.74. The van der Waals surface area contributed by atoms with E-state index in [-0.39, 0.29) is 25.2 Å². The third kappa shape index (κ3) is 13.2. The molecule has 0 rings (SSSR count). The summed E-state index contributed by atoms with van der Waals surface area (Å²) in [5, 5.41) is 16.0. The summed E-state index contributed by atoms with van der Waals surface area (Å²) >= 11 is 0. The number of nitrogens with two attached hydrogens (primary N) is 3. The zero-order valence-corrected chi connectivity index (χ0v) is 18.2. The Morgan fingerprint density at radius 1 is 0.903 bits per heavy atom. The number of primary amides is 1. The number of carboxylic acids is 1. The Kier molecular flexibility index (Phi) is 13.8. The lowest BCUT2D eigenvalue weighted by molar-refractivity contribution is -0.138. The van der Waals surface area contributed by atoms with Crippen LogP contribution in [0.4, 0.5) is 0 Å². The van der Waals surface area contributed by atoms with Gasteiger partial charge in [-0.3, -0.25) is 24.0 Å². The molecule has 0 heterocycles. The first-order chi connectivity index (χ1) is 14.5. The zero-order valence-electron chi connectivity index (χ0n) is 18.2. The third-order valence-corrected chi connectivity index (χ3v) is 4.37. The number of amides is 4. The monoisotopic (exact) mass is 444 g/mol. The number of nitrogens with one attached hydrogen (secondary N) is 3. The molecule has 0 aromatic rings. The van der Waals surface area contributed by atoms with E-state index in [0.29, 0.717) is 25.8 Å². The van der Waals surface area contributed by atoms with Gasteiger partial charge in [0.15, 0.2) is 0 Å². The molecule has 0 aliphatic carbocycles. The normalized spacial score (nSPS) is 13.7. The minimum absolute atomic E-state index is 0.00973. The molecule has 0 aliphatic rings. The fraction of sp³-hybridized carbons (Fsp3) is 0.737. The van der Waals surface area contributed by atoms with E-state index in [0.717, 1.165) is 0 Å². The molecule has 4 amide bonds. The number of hydrogen-bond acceptors (Lipinski definition) is 7. The van der Waals surface area contributed by atoms with Crippen LogP contribution in [0.25, 0.3) is 0 Å². The minimum atomic E-state index is -1.22. The maximum absolute atomic E-state index is 12.8. The number of carbonyl (C=O) groups is 5. The molecule has 0 fully saturated rings. The van der Waals surface area contributed by atoms with Gasteiger partial charge in [0.25, 0.3) is 0 Å². The van der Waals surface area contributed by atoms with Crippen molar-refractivity contribution in [3.05, 3.63) is 0 Å². The third-order valence-electron chi connectivity index (χ3n) is 4.37. The predicted octanol–water partition coefficient (Wildman–Crippen LogP) is -2.08. The van der Waals surface area contributed by atoms with Gasteiger partial charge in [0.05, 0.1) is 6.04 Å². The summed E-state index contributed by atoms with van der Waals surface area (Å²) in [4.78, 5) is 59.3. The van der Waals surface area contributed by atoms with E-state index in [4.69, 9.17) is 22.3 Å². The predicted molar refractivity (Wildman–Crippen MR) is 113 cm³/mol. The summed E-state index contributed by atoms with van der Waals surface area (Å²) in [7, 11) is 0. The molecule has 0 aromatic heterocycles. The fourth-order valence-electron chi connectivity index (χ4n) is 2.74. The van der Waals surface area contributed by atoms with Crippen LogP contribution in [0.15, 0.2) is 0 Å². The highest BCUT2D eigenvalue weighted by Gasteiger charge is 2.28. The Morgan fingerprint density at radius 2 is 1.52 bits per heavy atom. The van der Waals surface area contributed by atoms with Gasteiger partial charge in [0.2, 0.25) is 23.6 Å². The zero-order chi connectivity index (χ0) is 24.0. The quantitative estimate of drug-likeness (QED) is 0.131. The van der Waals surface area contributed by atoms with Gasteiger partial charge in [-0.2, -0.15) is 0 Å². The van der Waals surface area contributed by atoms with Gasteiger partial charge in [-0.05, 0) is 38.1 Å². The van der Waals surface area contributed by atoms with Gasteiger partial charge in [0, 0.05) is 6.42 Å². The highest BCUT2D eigenvalue weighted by molar-refractivity contribution is 5.93. The second-order valence-corrected chi connectivity index (χ2v) is 7.76. The molecule has 12 nitrogen and oxygen atoms in total. The molecule has 3 unspecified atom stereocenters. The van der Waals surface area contributed by atoms with Crippen LogP contribution < -0.4 is 33.2 Å². The van der Waals surface area contributed by atoms with E-state index in [2.05, 4.69) is 16.0 Å². The topological polar surface area (TPSA) is 220 Å². The number of carboxylic acid groups (broad SMARTS) is 1. The van der Waals surface area contributed by atoms with Crippen molar-refractivity contribution in [2.45, 2.75) is 70.5 Å². The van der Waals surface area contributed by atoms with Gasteiger partial charge in [-0.15, -0.1) is 0 Å². The molecule has 0 spiro atoms. The Balaban J connectivity index is 5.23. The lowest BCUT2D eigenvalue weighted by Crippen LogP contribution is -2.56. The van der Waals surface area contributed by atoms with E-state index in [1.807, 2.05) is 13.8 Å². The number of unbranched alkanes of at least 4 members (excludes halogenated alkanes) is 1. The summed E-state index contributed by atoms with van der Waals surface area (Å²) in [5.41, 5.74) is 16.4. The van der Waals surface area contributed by atoms with E-state index in [1.54, 1.807) is 0 Å². The highest BCUT2D eigenvalue weighted by Crippen LogP contribution is 2.07. The summed E-state index contributed by atoms with van der Waals surface area (Å²) in [6.07, 6.45) is 1.72. The molecule has 10 N–H and O–H groups in total. The second-order valence-electron chi connectivity index (χ2n) is 7.76. The Bertz CT molecular complexity index is 627. The number of carbonyl (C=O) groups excluding carboxylic acids is 4. The van der Waals surface area contributed by atoms with Crippen LogP contribution in [0, 0.1) is 5.92 Å². The molecule has 0 saturated carbocycles. The maximum atomic E-state index is 12.8. The van der Waals surface area contributed by atoms with Crippen LogP contribution in [0.1, 0.15) is 52.4 Å². The van der Waals surface area contributed by atoms with Crippen molar-refractivity contribution in [2.24, 2.45) is 23.1 Å². The minimum Gasteiger partial charge on any atom is -0.480 e. The second kappa shape index (κ2) is 15.1. The van der Waals surface area contributed by atoms with E-state index in [9.17, 15) is 24.0 Å². The molecule has 31 heavy (non-hydrogen) atoms. The lowest BCUT2D eigenvalue weighted by atomic mass is 10.0. The van der Waals surface area contributed by atoms with Crippen LogP contribution in [0.3, 0.4) is 0 Å². The summed E-state index contributed by atoms with van der Waals surface area (Å²) in [5.74, 6) is -3.80. The highest BCUT2D eigenvalue weighted by atomic mass is 16.4. The molecule has 12 heteroatoms. The van der Waals surface area contributed by atoms with Crippen molar-refractivity contribution in [3.63, 3.8) is 0 Å². The van der Waals surface area contributed by atoms with Crippen LogP contribution in [-0.4, -0.2) is 65.9 Å². The lowest BCUT2D eigenvalue weighted by Gasteiger charge is -2.24. The maximum Gasteiger partial charge on any atom is 0.322 e. The summed E-state index contributed by atoms with van der Waals surface area (Å²) in [6.45, 7) is 3.54. The van der Waals surface area contributed by atoms with Crippen molar-refractivity contribution < 1.29 is 29.1 Å². The largest absolute Gasteiger partial charge is 0.480 e. The van der Waals surface area contributed by atoms with Crippen molar-refractivity contribution in [2.75, 3.05) is 13.1 Å². The molecule has 0 bridgehead atoms. The van der Waals surface area contributed by atoms with Crippen LogP contribution in [-0.2, 0) is 24.0 Å². The van der Waals surface area contributed by atoms with Gasteiger partial charge in [0.1, 0.15) is 18.6 Å². The van der Waals surface area contributed by atoms with Gasteiger partial charge < -0.3 is 38.3 Å². The van der Waals surface area contributed by atoms with Gasteiger partial charge >= 0.3 is 5.97 Å². The molecular weight excluding hydrogens is 408 g/mol. The van der Waals surface area contributed by atoms with Crippen molar-refractivity contribution in [3.8, 4) is 0 Å². The standard InChI is InChI=1S/C19H36N6O6/c1-11(2)9-14(18(30)23-10-16(27)28)25-19(31)13(6-7-15(22)26)24-17(29)12(21)5-3-4-8-20/h11-14H,3-10,20-21H2,1-2H3,(H2,22,26)(H,23,30)(H,24,29)(H,25,31)(H,27,28). The molecule has 178 valence electrons. The first-order valence-electron chi connectivity index (χ1n) is 10.3. The molecule has 0 aromatic carbocycles. The molecule has 0 radical (unpaired) electrons. The Labute approximate surface area is 182 Å². The number of rotatable bonds is 16.